The van der Waals surface area contributed by atoms with Gasteiger partial charge in [0.15, 0.2) is 0 Å². The smallest absolute Gasteiger partial charge is 0.339 e. The second kappa shape index (κ2) is 12.6. The van der Waals surface area contributed by atoms with Gasteiger partial charge in [-0.2, -0.15) is 13.2 Å². The van der Waals surface area contributed by atoms with Gasteiger partial charge in [0.1, 0.15) is 17.4 Å². The predicted octanol–water partition coefficient (Wildman–Crippen LogP) is 6.22. The molecule has 1 fully saturated rings. The number of rotatable bonds is 9. The lowest BCUT2D eigenvalue weighted by molar-refractivity contribution is -0.123. The summed E-state index contributed by atoms with van der Waals surface area (Å²) in [4.78, 5) is 50.6. The monoisotopic (exact) mass is 635 g/mol. The van der Waals surface area contributed by atoms with Crippen molar-refractivity contribution in [1.29, 1.82) is 0 Å². The summed E-state index contributed by atoms with van der Waals surface area (Å²) in [5.74, 6) is -0.860. The Kier molecular flexibility index (Phi) is 8.80. The zero-order chi connectivity index (χ0) is 32.4. The van der Waals surface area contributed by atoms with E-state index in [1.165, 1.54) is 17.0 Å². The Hall–Kier alpha value is -4.95. The van der Waals surface area contributed by atoms with Gasteiger partial charge in [0.05, 0.1) is 23.3 Å². The number of thioether (sulfide) groups is 1. The number of nitrogens with one attached hydrogen (secondary N) is 2. The van der Waals surface area contributed by atoms with Crippen LogP contribution < -0.4 is 21.3 Å². The first kappa shape index (κ1) is 31.5. The van der Waals surface area contributed by atoms with Crippen LogP contribution >= 0.6 is 11.8 Å². The number of amides is 4. The molecule has 14 heteroatoms. The summed E-state index contributed by atoms with van der Waals surface area (Å²) in [5, 5.41) is 5.58. The van der Waals surface area contributed by atoms with Gasteiger partial charge in [-0.1, -0.05) is 30.3 Å². The maximum Gasteiger partial charge on any atom is 0.446 e. The van der Waals surface area contributed by atoms with Crippen LogP contribution in [0.5, 0.6) is 0 Å². The number of alkyl halides is 3. The lowest BCUT2D eigenvalue weighted by Gasteiger charge is -2.27. The fraction of sp³-hybridized carbons (Fsp3) is 0.194. The third-order valence-electron chi connectivity index (χ3n) is 7.07. The number of carbonyl (C=O) groups is 3. The number of hydrogen-bond acceptors (Lipinski definition) is 8. The SMILES string of the molecule is CC1(C)C(=O)N(c2ccc(SC(F)(F)F)c(NC(=O)C(N)c3ccccc3)c2)C(=O)N1Cc1ccnc(Nc2cccnc2)c1. The number of hydrogen-bond donors (Lipinski definition) is 3. The minimum absolute atomic E-state index is 0.00987. The number of urea groups is 1. The van der Waals surface area contributed by atoms with Crippen molar-refractivity contribution in [3.63, 3.8) is 0 Å². The first-order valence-electron chi connectivity index (χ1n) is 13.6. The molecule has 4 N–H and O–H groups in total. The number of pyridine rings is 2. The van der Waals surface area contributed by atoms with Crippen LogP contribution in [-0.4, -0.2) is 43.8 Å². The molecule has 4 amide bonds. The molecular weight excluding hydrogens is 607 g/mol. The molecule has 232 valence electrons. The summed E-state index contributed by atoms with van der Waals surface area (Å²) < 4.78 is 40.2. The summed E-state index contributed by atoms with van der Waals surface area (Å²) in [6.45, 7) is 3.20. The number of nitrogens with two attached hydrogens (primary N) is 1. The molecule has 4 aromatic rings. The van der Waals surface area contributed by atoms with E-state index in [9.17, 15) is 27.6 Å². The highest BCUT2D eigenvalue weighted by Crippen LogP contribution is 2.43. The zero-order valence-electron chi connectivity index (χ0n) is 24.1. The third kappa shape index (κ3) is 7.07. The quantitative estimate of drug-likeness (QED) is 0.146. The van der Waals surface area contributed by atoms with Crippen molar-refractivity contribution in [3.05, 3.63) is 103 Å². The van der Waals surface area contributed by atoms with Crippen LogP contribution in [0.3, 0.4) is 0 Å². The molecule has 0 saturated carbocycles. The van der Waals surface area contributed by atoms with E-state index in [4.69, 9.17) is 5.73 Å². The molecule has 45 heavy (non-hydrogen) atoms. The summed E-state index contributed by atoms with van der Waals surface area (Å²) in [5.41, 5.74) is 1.67. The normalized spacial score (nSPS) is 15.2. The Bertz CT molecular complexity index is 1720. The summed E-state index contributed by atoms with van der Waals surface area (Å²) >= 11 is -0.436. The topological polar surface area (TPSA) is 134 Å². The molecule has 0 aliphatic carbocycles. The van der Waals surface area contributed by atoms with Crippen LogP contribution in [0.4, 0.5) is 40.8 Å². The van der Waals surface area contributed by atoms with Crippen molar-refractivity contribution >= 4 is 52.5 Å². The molecule has 0 spiro atoms. The third-order valence-corrected chi connectivity index (χ3v) is 7.88. The molecule has 0 radical (unpaired) electrons. The Balaban J connectivity index is 1.42. The van der Waals surface area contributed by atoms with E-state index in [1.807, 2.05) is 6.07 Å². The van der Waals surface area contributed by atoms with Crippen LogP contribution in [-0.2, 0) is 16.1 Å². The van der Waals surface area contributed by atoms with E-state index in [2.05, 4.69) is 20.6 Å². The molecule has 1 aliphatic rings. The molecule has 1 aliphatic heterocycles. The number of halogens is 3. The molecule has 3 heterocycles. The second-order valence-corrected chi connectivity index (χ2v) is 11.7. The summed E-state index contributed by atoms with van der Waals surface area (Å²) in [7, 11) is 0. The minimum Gasteiger partial charge on any atom is -0.339 e. The maximum absolute atomic E-state index is 13.8. The first-order chi connectivity index (χ1) is 21.3. The minimum atomic E-state index is -4.67. The lowest BCUT2D eigenvalue weighted by Crippen LogP contribution is -2.43. The van der Waals surface area contributed by atoms with Crippen LogP contribution in [0, 0.1) is 0 Å². The Morgan fingerprint density at radius 1 is 1.02 bits per heavy atom. The van der Waals surface area contributed by atoms with Crippen molar-refractivity contribution in [3.8, 4) is 0 Å². The molecule has 10 nitrogen and oxygen atoms in total. The molecule has 1 atom stereocenters. The fourth-order valence-electron chi connectivity index (χ4n) is 4.73. The summed E-state index contributed by atoms with van der Waals surface area (Å²) in [6, 6.07) is 17.0. The molecular formula is C31H28F3N7O3S. The molecule has 2 aromatic heterocycles. The van der Waals surface area contributed by atoms with E-state index in [0.717, 1.165) is 11.0 Å². The Labute approximate surface area is 260 Å². The lowest BCUT2D eigenvalue weighted by atomic mass is 10.0. The van der Waals surface area contributed by atoms with Gasteiger partial charge in [0, 0.05) is 23.8 Å². The van der Waals surface area contributed by atoms with Gasteiger partial charge in [-0.25, -0.2) is 14.7 Å². The van der Waals surface area contributed by atoms with Crippen molar-refractivity contribution in [2.45, 2.75) is 42.4 Å². The highest BCUT2D eigenvalue weighted by atomic mass is 32.2. The standard InChI is InChI=1S/C31H28F3N7O3S/c1-30(2)28(43)41(29(44)40(30)18-19-12-14-37-25(15-19)38-21-9-6-13-36-17-21)22-10-11-24(45-31(32,33)34)23(16-22)39-27(42)26(35)20-7-4-3-5-8-20/h3-17,26H,18,35H2,1-2H3,(H,37,38)(H,39,42). The van der Waals surface area contributed by atoms with Crippen molar-refractivity contribution in [1.82, 2.24) is 14.9 Å². The van der Waals surface area contributed by atoms with Gasteiger partial charge in [0.2, 0.25) is 5.91 Å². The van der Waals surface area contributed by atoms with Gasteiger partial charge in [-0.05, 0) is 79.2 Å². The highest BCUT2D eigenvalue weighted by molar-refractivity contribution is 8.00. The van der Waals surface area contributed by atoms with Gasteiger partial charge < -0.3 is 21.3 Å². The van der Waals surface area contributed by atoms with Crippen LogP contribution in [0.2, 0.25) is 0 Å². The predicted molar refractivity (Wildman–Crippen MR) is 165 cm³/mol. The summed E-state index contributed by atoms with van der Waals surface area (Å²) in [6.07, 6.45) is 4.83. The van der Waals surface area contributed by atoms with E-state index in [1.54, 1.807) is 81.0 Å². The van der Waals surface area contributed by atoms with Crippen molar-refractivity contribution in [2.75, 3.05) is 15.5 Å². The fourth-order valence-corrected chi connectivity index (χ4v) is 5.33. The number of nitrogens with zero attached hydrogens (tertiary/aromatic N) is 4. The second-order valence-electron chi connectivity index (χ2n) is 10.6. The average Bonchev–Trinajstić information content (AvgIpc) is 3.17. The van der Waals surface area contributed by atoms with E-state index >= 15 is 0 Å². The Morgan fingerprint density at radius 2 is 1.78 bits per heavy atom. The van der Waals surface area contributed by atoms with Gasteiger partial charge in [-0.3, -0.25) is 14.6 Å². The molecule has 1 unspecified atom stereocenters. The van der Waals surface area contributed by atoms with Gasteiger partial charge in [0.25, 0.3) is 5.91 Å². The Morgan fingerprint density at radius 3 is 2.47 bits per heavy atom. The van der Waals surface area contributed by atoms with Crippen LogP contribution in [0.25, 0.3) is 0 Å². The van der Waals surface area contributed by atoms with Crippen molar-refractivity contribution < 1.29 is 27.6 Å². The zero-order valence-corrected chi connectivity index (χ0v) is 24.9. The van der Waals surface area contributed by atoms with Crippen LogP contribution in [0.15, 0.2) is 96.3 Å². The molecule has 1 saturated heterocycles. The van der Waals surface area contributed by atoms with E-state index in [0.29, 0.717) is 22.6 Å². The average molecular weight is 636 g/mol. The van der Waals surface area contributed by atoms with E-state index < -0.39 is 46.7 Å². The molecule has 2 aromatic carbocycles. The number of aromatic nitrogens is 2. The molecule has 5 rings (SSSR count). The highest BCUT2D eigenvalue weighted by Gasteiger charge is 2.52. The van der Waals surface area contributed by atoms with Crippen molar-refractivity contribution in [2.24, 2.45) is 5.73 Å². The number of imide groups is 1. The number of anilines is 4. The van der Waals surface area contributed by atoms with Gasteiger partial charge >= 0.3 is 11.5 Å². The number of carbonyl (C=O) groups excluding carboxylic acids is 3. The maximum atomic E-state index is 13.8. The van der Waals surface area contributed by atoms with Gasteiger partial charge in [-0.15, -0.1) is 0 Å². The van der Waals surface area contributed by atoms with E-state index in [-0.39, 0.29) is 22.8 Å². The number of benzene rings is 2. The molecule has 0 bridgehead atoms. The van der Waals surface area contributed by atoms with Crippen LogP contribution in [0.1, 0.15) is 31.0 Å². The first-order valence-corrected chi connectivity index (χ1v) is 14.4. The largest absolute Gasteiger partial charge is 0.446 e.